The maximum atomic E-state index is 14.9. The maximum Gasteiger partial charge on any atom is 0.414 e. The topological polar surface area (TPSA) is 96.0 Å². The highest BCUT2D eigenvalue weighted by molar-refractivity contribution is 5.97. The lowest BCUT2D eigenvalue weighted by atomic mass is 9.98. The van der Waals surface area contributed by atoms with E-state index in [2.05, 4.69) is 5.32 Å². The van der Waals surface area contributed by atoms with Crippen molar-refractivity contribution in [1.29, 1.82) is 0 Å². The molecule has 3 amide bonds. The van der Waals surface area contributed by atoms with E-state index in [9.17, 15) is 23.6 Å². The Hall–Kier alpha value is -3.23. The van der Waals surface area contributed by atoms with E-state index in [1.54, 1.807) is 23.1 Å². The number of anilines is 1. The lowest BCUT2D eigenvalue weighted by Crippen LogP contribution is -2.42. The van der Waals surface area contributed by atoms with Gasteiger partial charge in [0.25, 0.3) is 0 Å². The molecular formula is C21H24FN3O5. The van der Waals surface area contributed by atoms with Crippen molar-refractivity contribution in [2.75, 3.05) is 31.1 Å². The van der Waals surface area contributed by atoms with Crippen LogP contribution >= 0.6 is 0 Å². The van der Waals surface area contributed by atoms with Gasteiger partial charge in [-0.05, 0) is 37.1 Å². The number of carbonyl (C=O) groups excluding carboxylic acids is 4. The summed E-state index contributed by atoms with van der Waals surface area (Å²) in [5.74, 6) is -1.13. The second-order valence-electron chi connectivity index (χ2n) is 7.40. The molecule has 0 radical (unpaired) electrons. The Morgan fingerprint density at radius 1 is 1.27 bits per heavy atom. The highest BCUT2D eigenvalue weighted by Gasteiger charge is 2.34. The SMILES string of the molecule is CC(=O)CC(=O)N1CC=C(c2ccc(N3C(=O)OCC3CNC(C)=O)cc2F)CC1. The average Bonchev–Trinajstić information content (AvgIpc) is 3.06. The van der Waals surface area contributed by atoms with Gasteiger partial charge in [-0.1, -0.05) is 6.08 Å². The van der Waals surface area contributed by atoms with Crippen molar-refractivity contribution < 1.29 is 28.3 Å². The van der Waals surface area contributed by atoms with Crippen molar-refractivity contribution in [1.82, 2.24) is 10.2 Å². The molecule has 1 aromatic carbocycles. The second kappa shape index (κ2) is 9.06. The summed E-state index contributed by atoms with van der Waals surface area (Å²) < 4.78 is 19.9. The normalized spacial score (nSPS) is 18.7. The van der Waals surface area contributed by atoms with Gasteiger partial charge in [-0.15, -0.1) is 0 Å². The zero-order valence-corrected chi connectivity index (χ0v) is 16.9. The Labute approximate surface area is 173 Å². The van der Waals surface area contributed by atoms with Gasteiger partial charge in [0.2, 0.25) is 11.8 Å². The number of cyclic esters (lactones) is 1. The van der Waals surface area contributed by atoms with Gasteiger partial charge in [0, 0.05) is 32.1 Å². The molecule has 0 saturated carbocycles. The summed E-state index contributed by atoms with van der Waals surface area (Å²) in [5.41, 5.74) is 1.52. The van der Waals surface area contributed by atoms with Crippen LogP contribution in [0.2, 0.25) is 0 Å². The number of nitrogens with one attached hydrogen (secondary N) is 1. The number of ketones is 1. The zero-order valence-electron chi connectivity index (χ0n) is 16.9. The number of halogens is 1. The number of rotatable bonds is 6. The van der Waals surface area contributed by atoms with E-state index in [1.807, 2.05) is 0 Å². The minimum absolute atomic E-state index is 0.109. The first-order chi connectivity index (χ1) is 14.3. The van der Waals surface area contributed by atoms with Crippen LogP contribution in [0.15, 0.2) is 24.3 Å². The Kier molecular flexibility index (Phi) is 6.49. The third kappa shape index (κ3) is 4.84. The summed E-state index contributed by atoms with van der Waals surface area (Å²) >= 11 is 0. The summed E-state index contributed by atoms with van der Waals surface area (Å²) in [7, 11) is 0. The molecule has 9 heteroatoms. The first kappa shape index (κ1) is 21.5. The van der Waals surface area contributed by atoms with Crippen LogP contribution in [0.3, 0.4) is 0 Å². The van der Waals surface area contributed by atoms with Crippen molar-refractivity contribution >= 4 is 35.0 Å². The monoisotopic (exact) mass is 417 g/mol. The van der Waals surface area contributed by atoms with Crippen LogP contribution < -0.4 is 10.2 Å². The molecule has 3 rings (SSSR count). The summed E-state index contributed by atoms with van der Waals surface area (Å²) in [4.78, 5) is 49.3. The van der Waals surface area contributed by atoms with Gasteiger partial charge in [0.05, 0.1) is 18.2 Å². The predicted octanol–water partition coefficient (Wildman–Crippen LogP) is 1.88. The fourth-order valence-corrected chi connectivity index (χ4v) is 3.57. The van der Waals surface area contributed by atoms with E-state index < -0.39 is 18.0 Å². The van der Waals surface area contributed by atoms with Crippen LogP contribution in [0, 0.1) is 5.82 Å². The molecule has 1 atom stereocenters. The van der Waals surface area contributed by atoms with Gasteiger partial charge in [-0.3, -0.25) is 19.3 Å². The molecule has 30 heavy (non-hydrogen) atoms. The smallest absolute Gasteiger partial charge is 0.414 e. The van der Waals surface area contributed by atoms with Gasteiger partial charge in [-0.2, -0.15) is 0 Å². The number of hydrogen-bond donors (Lipinski definition) is 1. The maximum absolute atomic E-state index is 14.9. The third-order valence-electron chi connectivity index (χ3n) is 5.09. The molecule has 2 heterocycles. The predicted molar refractivity (Wildman–Crippen MR) is 107 cm³/mol. The van der Waals surface area contributed by atoms with Crippen LogP contribution in [-0.4, -0.2) is 60.9 Å². The third-order valence-corrected chi connectivity index (χ3v) is 5.09. The molecule has 2 aliphatic rings. The molecule has 2 aliphatic heterocycles. The Morgan fingerprint density at radius 2 is 2.03 bits per heavy atom. The standard InChI is InChI=1S/C21H24FN3O5/c1-13(26)9-20(28)24-7-5-15(6-8-24)18-4-3-16(10-19(18)22)25-17(11-23-14(2)27)12-30-21(25)29/h3-5,10,17H,6-9,11-12H2,1-2H3,(H,23,27). The molecule has 8 nitrogen and oxygen atoms in total. The van der Waals surface area contributed by atoms with Crippen LogP contribution in [-0.2, 0) is 19.1 Å². The van der Waals surface area contributed by atoms with Crippen molar-refractivity contribution in [3.63, 3.8) is 0 Å². The van der Waals surface area contributed by atoms with E-state index >= 15 is 0 Å². The Balaban J connectivity index is 1.73. The number of carbonyl (C=O) groups is 4. The van der Waals surface area contributed by atoms with Gasteiger partial charge >= 0.3 is 6.09 Å². The molecule has 0 spiro atoms. The van der Waals surface area contributed by atoms with Crippen molar-refractivity contribution in [2.45, 2.75) is 32.7 Å². The molecule has 1 saturated heterocycles. The van der Waals surface area contributed by atoms with Crippen LogP contribution in [0.4, 0.5) is 14.9 Å². The highest BCUT2D eigenvalue weighted by Crippen LogP contribution is 2.30. The van der Waals surface area contributed by atoms with Crippen molar-refractivity contribution in [3.8, 4) is 0 Å². The second-order valence-corrected chi connectivity index (χ2v) is 7.40. The molecular weight excluding hydrogens is 393 g/mol. The van der Waals surface area contributed by atoms with Crippen LogP contribution in [0.1, 0.15) is 32.3 Å². The van der Waals surface area contributed by atoms with Crippen molar-refractivity contribution in [3.05, 3.63) is 35.7 Å². The number of hydrogen-bond acceptors (Lipinski definition) is 5. The molecule has 1 aromatic rings. The first-order valence-electron chi connectivity index (χ1n) is 9.73. The van der Waals surface area contributed by atoms with Gasteiger partial charge < -0.3 is 15.0 Å². The molecule has 0 aromatic heterocycles. The molecule has 1 unspecified atom stereocenters. The molecule has 1 N–H and O–H groups in total. The lowest BCUT2D eigenvalue weighted by molar-refractivity contribution is -0.134. The minimum atomic E-state index is -0.589. The number of Topliss-reactive ketones (excluding diaryl/α,β-unsaturated/α-hetero) is 1. The summed E-state index contributed by atoms with van der Waals surface area (Å²) in [6.45, 7) is 3.80. The fraction of sp³-hybridized carbons (Fsp3) is 0.429. The Bertz CT molecular complexity index is 914. The average molecular weight is 417 g/mol. The number of benzene rings is 1. The Morgan fingerprint density at radius 3 is 2.63 bits per heavy atom. The summed E-state index contributed by atoms with van der Waals surface area (Å²) in [5, 5.41) is 2.64. The van der Waals surface area contributed by atoms with E-state index in [4.69, 9.17) is 4.74 Å². The molecule has 0 bridgehead atoms. The first-order valence-corrected chi connectivity index (χ1v) is 9.73. The number of amides is 3. The van der Waals surface area contributed by atoms with Crippen LogP contribution in [0.25, 0.3) is 5.57 Å². The number of nitrogens with zero attached hydrogens (tertiary/aromatic N) is 2. The number of ether oxygens (including phenoxy) is 1. The zero-order chi connectivity index (χ0) is 21.8. The van der Waals surface area contributed by atoms with E-state index in [-0.39, 0.29) is 37.2 Å². The van der Waals surface area contributed by atoms with Crippen molar-refractivity contribution in [2.24, 2.45) is 0 Å². The molecule has 1 fully saturated rings. The quantitative estimate of drug-likeness (QED) is 0.713. The van der Waals surface area contributed by atoms with E-state index in [1.165, 1.54) is 24.8 Å². The highest BCUT2D eigenvalue weighted by atomic mass is 19.1. The largest absolute Gasteiger partial charge is 0.447 e. The fourth-order valence-electron chi connectivity index (χ4n) is 3.57. The van der Waals surface area contributed by atoms with Gasteiger partial charge in [-0.25, -0.2) is 9.18 Å². The van der Waals surface area contributed by atoms with Crippen LogP contribution in [0.5, 0.6) is 0 Å². The van der Waals surface area contributed by atoms with Gasteiger partial charge in [0.15, 0.2) is 0 Å². The molecule has 160 valence electrons. The van der Waals surface area contributed by atoms with E-state index in [0.29, 0.717) is 30.8 Å². The van der Waals surface area contributed by atoms with Gasteiger partial charge in [0.1, 0.15) is 18.2 Å². The summed E-state index contributed by atoms with van der Waals surface area (Å²) in [6, 6.07) is 4.10. The molecule has 0 aliphatic carbocycles. The van der Waals surface area contributed by atoms with E-state index in [0.717, 1.165) is 5.57 Å². The lowest BCUT2D eigenvalue weighted by Gasteiger charge is -2.27. The summed E-state index contributed by atoms with van der Waals surface area (Å²) in [6.07, 6.45) is 1.53. The minimum Gasteiger partial charge on any atom is -0.447 e.